The molecule has 0 aromatic heterocycles. The molecule has 2 rings (SSSR count). The van der Waals surface area contributed by atoms with Gasteiger partial charge in [-0.25, -0.2) is 0 Å². The van der Waals surface area contributed by atoms with Crippen LogP contribution in [0.2, 0.25) is 0 Å². The Morgan fingerprint density at radius 2 is 2.00 bits per heavy atom. The summed E-state index contributed by atoms with van der Waals surface area (Å²) in [5.41, 5.74) is -0.221. The molecule has 1 saturated heterocycles. The second-order valence-corrected chi connectivity index (χ2v) is 6.86. The molecule has 3 nitrogen and oxygen atoms in total. The van der Waals surface area contributed by atoms with E-state index in [-0.39, 0.29) is 17.6 Å². The highest BCUT2D eigenvalue weighted by atomic mass is 79.9. The van der Waals surface area contributed by atoms with Crippen molar-refractivity contribution in [2.45, 2.75) is 57.7 Å². The van der Waals surface area contributed by atoms with Crippen molar-refractivity contribution in [3.8, 4) is 0 Å². The lowest BCUT2D eigenvalue weighted by Gasteiger charge is -2.43. The zero-order valence-corrected chi connectivity index (χ0v) is 13.0. The number of ether oxygens (including phenoxy) is 1. The fraction of sp³-hybridized carbons (Fsp3) is 0.929. The number of rotatable bonds is 2. The van der Waals surface area contributed by atoms with Crippen molar-refractivity contribution in [3.05, 3.63) is 0 Å². The quantitative estimate of drug-likeness (QED) is 0.733. The maximum Gasteiger partial charge on any atom is 0.225 e. The van der Waals surface area contributed by atoms with E-state index < -0.39 is 0 Å². The third kappa shape index (κ3) is 3.47. The van der Waals surface area contributed by atoms with E-state index in [0.29, 0.717) is 5.91 Å². The van der Waals surface area contributed by atoms with Crippen LogP contribution in [0.5, 0.6) is 0 Å². The van der Waals surface area contributed by atoms with Gasteiger partial charge in [-0.15, -0.1) is 0 Å². The van der Waals surface area contributed by atoms with E-state index in [1.165, 1.54) is 19.3 Å². The summed E-state index contributed by atoms with van der Waals surface area (Å²) in [6.45, 7) is 5.61. The standard InChI is InChI=1S/C14H24BrNO2/c1-14(2)10-16(9-12(8-15)18-14)13(17)11-6-4-3-5-7-11/h11-12H,3-10H2,1-2H3. The molecule has 4 heteroatoms. The van der Waals surface area contributed by atoms with Crippen LogP contribution in [0.1, 0.15) is 46.0 Å². The molecular formula is C14H24BrNO2. The minimum atomic E-state index is -0.221. The Morgan fingerprint density at radius 3 is 2.61 bits per heavy atom. The maximum atomic E-state index is 12.6. The van der Waals surface area contributed by atoms with Gasteiger partial charge in [-0.3, -0.25) is 4.79 Å². The summed E-state index contributed by atoms with van der Waals surface area (Å²) >= 11 is 3.47. The van der Waals surface area contributed by atoms with Crippen LogP contribution in [-0.2, 0) is 9.53 Å². The van der Waals surface area contributed by atoms with Gasteiger partial charge in [0.2, 0.25) is 5.91 Å². The van der Waals surface area contributed by atoms with E-state index in [1.54, 1.807) is 0 Å². The highest BCUT2D eigenvalue weighted by molar-refractivity contribution is 9.09. The average molecular weight is 318 g/mol. The van der Waals surface area contributed by atoms with Crippen LogP contribution >= 0.6 is 15.9 Å². The lowest BCUT2D eigenvalue weighted by atomic mass is 9.87. The van der Waals surface area contributed by atoms with Gasteiger partial charge in [-0.05, 0) is 26.7 Å². The van der Waals surface area contributed by atoms with Crippen LogP contribution in [-0.4, -0.2) is 40.9 Å². The van der Waals surface area contributed by atoms with Crippen molar-refractivity contribution in [2.24, 2.45) is 5.92 Å². The van der Waals surface area contributed by atoms with Gasteiger partial charge in [-0.1, -0.05) is 35.2 Å². The average Bonchev–Trinajstić information content (AvgIpc) is 2.37. The molecule has 0 aromatic rings. The van der Waals surface area contributed by atoms with Gasteiger partial charge < -0.3 is 9.64 Å². The second kappa shape index (κ2) is 5.91. The van der Waals surface area contributed by atoms with Crippen LogP contribution in [0.3, 0.4) is 0 Å². The van der Waals surface area contributed by atoms with Crippen molar-refractivity contribution in [2.75, 3.05) is 18.4 Å². The SMILES string of the molecule is CC1(C)CN(C(=O)C2CCCCC2)CC(CBr)O1. The number of amides is 1. The van der Waals surface area contributed by atoms with Gasteiger partial charge >= 0.3 is 0 Å². The first-order valence-electron chi connectivity index (χ1n) is 7.04. The number of alkyl halides is 1. The van der Waals surface area contributed by atoms with Gasteiger partial charge in [0, 0.05) is 24.3 Å². The molecule has 1 aliphatic heterocycles. The Bertz CT molecular complexity index is 300. The van der Waals surface area contributed by atoms with Crippen molar-refractivity contribution in [1.82, 2.24) is 4.90 Å². The van der Waals surface area contributed by atoms with Crippen LogP contribution < -0.4 is 0 Å². The topological polar surface area (TPSA) is 29.5 Å². The van der Waals surface area contributed by atoms with E-state index in [9.17, 15) is 4.79 Å². The fourth-order valence-electron chi connectivity index (χ4n) is 3.15. The smallest absolute Gasteiger partial charge is 0.225 e. The summed E-state index contributed by atoms with van der Waals surface area (Å²) in [6, 6.07) is 0. The Morgan fingerprint density at radius 1 is 1.33 bits per heavy atom. The number of carbonyl (C=O) groups is 1. The molecule has 104 valence electrons. The van der Waals surface area contributed by atoms with Crippen molar-refractivity contribution in [1.29, 1.82) is 0 Å². The van der Waals surface area contributed by atoms with Gasteiger partial charge in [0.1, 0.15) is 0 Å². The third-order valence-electron chi connectivity index (χ3n) is 3.92. The molecule has 1 saturated carbocycles. The van der Waals surface area contributed by atoms with E-state index in [2.05, 4.69) is 29.8 Å². The zero-order chi connectivity index (χ0) is 13.2. The molecule has 1 unspecified atom stereocenters. The lowest BCUT2D eigenvalue weighted by molar-refractivity contribution is -0.161. The van der Waals surface area contributed by atoms with Gasteiger partial charge in [0.05, 0.1) is 11.7 Å². The monoisotopic (exact) mass is 317 g/mol. The molecule has 18 heavy (non-hydrogen) atoms. The van der Waals surface area contributed by atoms with Gasteiger partial charge in [0.25, 0.3) is 0 Å². The minimum Gasteiger partial charge on any atom is -0.368 e. The number of nitrogens with zero attached hydrogens (tertiary/aromatic N) is 1. The number of halogens is 1. The van der Waals surface area contributed by atoms with Crippen molar-refractivity contribution < 1.29 is 9.53 Å². The molecule has 1 atom stereocenters. The predicted octanol–water partition coefficient (Wildman–Crippen LogP) is 2.97. The first-order valence-corrected chi connectivity index (χ1v) is 8.16. The minimum absolute atomic E-state index is 0.126. The number of morpholine rings is 1. The van der Waals surface area contributed by atoms with Crippen LogP contribution in [0.25, 0.3) is 0 Å². The summed E-state index contributed by atoms with van der Waals surface area (Å²) in [4.78, 5) is 14.6. The molecule has 0 N–H and O–H groups in total. The molecule has 1 amide bonds. The molecule has 0 radical (unpaired) electrons. The lowest BCUT2D eigenvalue weighted by Crippen LogP contribution is -2.56. The first-order chi connectivity index (χ1) is 8.52. The summed E-state index contributed by atoms with van der Waals surface area (Å²) in [5.74, 6) is 0.626. The van der Waals surface area contributed by atoms with Gasteiger partial charge in [0.15, 0.2) is 0 Å². The highest BCUT2D eigenvalue weighted by Gasteiger charge is 2.37. The Hall–Kier alpha value is -0.0900. The summed E-state index contributed by atoms with van der Waals surface area (Å²) in [7, 11) is 0. The fourth-order valence-corrected chi connectivity index (χ4v) is 3.49. The molecule has 2 aliphatic rings. The molecule has 0 spiro atoms. The normalized spacial score (nSPS) is 29.3. The number of hydrogen-bond acceptors (Lipinski definition) is 2. The van der Waals surface area contributed by atoms with E-state index >= 15 is 0 Å². The largest absolute Gasteiger partial charge is 0.368 e. The van der Waals surface area contributed by atoms with E-state index in [1.807, 2.05) is 4.90 Å². The Balaban J connectivity index is 1.99. The van der Waals surface area contributed by atoms with Crippen molar-refractivity contribution >= 4 is 21.8 Å². The number of carbonyl (C=O) groups excluding carboxylic acids is 1. The maximum absolute atomic E-state index is 12.6. The number of hydrogen-bond donors (Lipinski definition) is 0. The van der Waals surface area contributed by atoms with E-state index in [0.717, 1.165) is 31.3 Å². The van der Waals surface area contributed by atoms with E-state index in [4.69, 9.17) is 4.74 Å². The zero-order valence-electron chi connectivity index (χ0n) is 11.5. The molecular weight excluding hydrogens is 294 g/mol. The first kappa shape index (κ1) is 14.3. The molecule has 1 aliphatic carbocycles. The summed E-state index contributed by atoms with van der Waals surface area (Å²) in [6.07, 6.45) is 6.01. The third-order valence-corrected chi connectivity index (χ3v) is 4.64. The van der Waals surface area contributed by atoms with Gasteiger partial charge in [-0.2, -0.15) is 0 Å². The van der Waals surface area contributed by atoms with Crippen LogP contribution in [0.4, 0.5) is 0 Å². The van der Waals surface area contributed by atoms with Crippen molar-refractivity contribution in [3.63, 3.8) is 0 Å². The second-order valence-electron chi connectivity index (χ2n) is 6.21. The molecule has 0 aromatic carbocycles. The molecule has 2 fully saturated rings. The summed E-state index contributed by atoms with van der Waals surface area (Å²) in [5, 5.41) is 0.797. The summed E-state index contributed by atoms with van der Waals surface area (Å²) < 4.78 is 5.95. The Kier molecular flexibility index (Phi) is 4.70. The molecule has 0 bridgehead atoms. The molecule has 1 heterocycles. The predicted molar refractivity (Wildman–Crippen MR) is 75.9 cm³/mol. The highest BCUT2D eigenvalue weighted by Crippen LogP contribution is 2.29. The van der Waals surface area contributed by atoms with Crippen LogP contribution in [0.15, 0.2) is 0 Å². The Labute approximate surface area is 118 Å². The van der Waals surface area contributed by atoms with Crippen LogP contribution in [0, 0.1) is 5.92 Å².